The van der Waals surface area contributed by atoms with E-state index in [4.69, 9.17) is 0 Å². The third kappa shape index (κ3) is 3.60. The van der Waals surface area contributed by atoms with Crippen LogP contribution in [0.4, 0.5) is 11.4 Å². The summed E-state index contributed by atoms with van der Waals surface area (Å²) in [5, 5.41) is 3.56. The first kappa shape index (κ1) is 18.8. The average Bonchev–Trinajstić information content (AvgIpc) is 3.41. The van der Waals surface area contributed by atoms with Crippen LogP contribution in [-0.2, 0) is 0 Å². The predicted molar refractivity (Wildman–Crippen MR) is 117 cm³/mol. The molecule has 0 amide bonds. The standard InChI is InChI=1S/C12H17N3.C11H15N3/c1-14-7-4-12(14)5-8-15(10-12)11-3-2-6-13-9-11;1-2-10(8-12-5-1)14-7-4-11(9-14)3-6-13-11/h2-3,6,9H,4-5,7-8,10H2,1H3;1-2,5,8,13H,3-4,6-7,9H2. The molecule has 0 bridgehead atoms. The van der Waals surface area contributed by atoms with E-state index in [0.717, 1.165) is 6.54 Å². The molecule has 0 radical (unpaired) electrons. The van der Waals surface area contributed by atoms with Gasteiger partial charge in [0, 0.05) is 56.2 Å². The van der Waals surface area contributed by atoms with E-state index < -0.39 is 0 Å². The first-order chi connectivity index (χ1) is 14.2. The zero-order valence-corrected chi connectivity index (χ0v) is 17.4. The molecule has 29 heavy (non-hydrogen) atoms. The quantitative estimate of drug-likeness (QED) is 0.847. The fourth-order valence-electron chi connectivity index (χ4n) is 5.25. The summed E-state index contributed by atoms with van der Waals surface area (Å²) >= 11 is 0. The highest BCUT2D eigenvalue weighted by molar-refractivity contribution is 5.47. The molecule has 154 valence electrons. The number of nitrogens with zero attached hydrogens (tertiary/aromatic N) is 5. The maximum Gasteiger partial charge on any atom is 0.0553 e. The van der Waals surface area contributed by atoms with Crippen molar-refractivity contribution in [2.75, 3.05) is 56.1 Å². The number of aromatic nitrogens is 2. The first-order valence-electron chi connectivity index (χ1n) is 10.9. The van der Waals surface area contributed by atoms with Crippen molar-refractivity contribution in [1.82, 2.24) is 20.2 Å². The molecule has 6 heterocycles. The third-order valence-corrected chi connectivity index (χ3v) is 7.53. The van der Waals surface area contributed by atoms with Gasteiger partial charge in [0.25, 0.3) is 0 Å². The second-order valence-corrected chi connectivity index (χ2v) is 9.12. The molecule has 0 aliphatic carbocycles. The minimum Gasteiger partial charge on any atom is -0.368 e. The SMILES string of the molecule is CN1CCC12CCN(c1cccnc1)C2.c1cncc(N2CCC3(CCN3)C2)c1. The molecule has 0 saturated carbocycles. The van der Waals surface area contributed by atoms with E-state index in [1.807, 2.05) is 36.9 Å². The number of hydrogen-bond acceptors (Lipinski definition) is 6. The summed E-state index contributed by atoms with van der Waals surface area (Å²) in [4.78, 5) is 15.7. The van der Waals surface area contributed by atoms with Crippen LogP contribution in [0, 0.1) is 0 Å². The van der Waals surface area contributed by atoms with Gasteiger partial charge in [-0.25, -0.2) is 0 Å². The van der Waals surface area contributed by atoms with Crippen molar-refractivity contribution in [2.45, 2.75) is 36.8 Å². The molecule has 4 fully saturated rings. The number of hydrogen-bond donors (Lipinski definition) is 1. The van der Waals surface area contributed by atoms with Crippen LogP contribution >= 0.6 is 0 Å². The number of nitrogens with one attached hydrogen (secondary N) is 1. The van der Waals surface area contributed by atoms with Crippen molar-refractivity contribution in [1.29, 1.82) is 0 Å². The van der Waals surface area contributed by atoms with Crippen molar-refractivity contribution in [2.24, 2.45) is 0 Å². The largest absolute Gasteiger partial charge is 0.368 e. The summed E-state index contributed by atoms with van der Waals surface area (Å²) in [7, 11) is 2.25. The highest BCUT2D eigenvalue weighted by Crippen LogP contribution is 2.39. The molecule has 6 heteroatoms. The molecule has 2 unspecified atom stereocenters. The summed E-state index contributed by atoms with van der Waals surface area (Å²) in [6.45, 7) is 7.13. The van der Waals surface area contributed by atoms with Crippen LogP contribution in [0.2, 0.25) is 0 Å². The Morgan fingerprint density at radius 2 is 1.45 bits per heavy atom. The Labute approximate surface area is 173 Å². The van der Waals surface area contributed by atoms with Crippen LogP contribution in [0.1, 0.15) is 25.7 Å². The molecule has 1 N–H and O–H groups in total. The van der Waals surface area contributed by atoms with Crippen LogP contribution < -0.4 is 15.1 Å². The van der Waals surface area contributed by atoms with Gasteiger partial charge in [-0.3, -0.25) is 14.9 Å². The van der Waals surface area contributed by atoms with E-state index in [0.29, 0.717) is 11.1 Å². The second kappa shape index (κ2) is 7.58. The van der Waals surface area contributed by atoms with Crippen molar-refractivity contribution >= 4 is 11.4 Å². The van der Waals surface area contributed by atoms with Crippen molar-refractivity contribution in [3.63, 3.8) is 0 Å². The molecule has 2 atom stereocenters. The summed E-state index contributed by atoms with van der Waals surface area (Å²) in [5.41, 5.74) is 3.46. The van der Waals surface area contributed by atoms with Crippen LogP contribution in [-0.4, -0.2) is 72.3 Å². The first-order valence-corrected chi connectivity index (χ1v) is 10.9. The van der Waals surface area contributed by atoms with Gasteiger partial charge in [0.05, 0.1) is 23.8 Å². The van der Waals surface area contributed by atoms with Gasteiger partial charge in [-0.05, 0) is 63.5 Å². The second-order valence-electron chi connectivity index (χ2n) is 9.12. The molecule has 4 aliphatic heterocycles. The lowest BCUT2D eigenvalue weighted by Gasteiger charge is -2.48. The molecule has 2 aromatic rings. The van der Waals surface area contributed by atoms with Gasteiger partial charge in [-0.15, -0.1) is 0 Å². The van der Waals surface area contributed by atoms with Crippen LogP contribution in [0.3, 0.4) is 0 Å². The van der Waals surface area contributed by atoms with Crippen molar-refractivity contribution in [3.05, 3.63) is 49.1 Å². The molecule has 6 rings (SSSR count). The fourth-order valence-corrected chi connectivity index (χ4v) is 5.25. The summed E-state index contributed by atoms with van der Waals surface area (Å²) in [5.74, 6) is 0. The van der Waals surface area contributed by atoms with Crippen molar-refractivity contribution in [3.8, 4) is 0 Å². The zero-order chi connectivity index (χ0) is 19.7. The Bertz CT molecular complexity index is 809. The lowest BCUT2D eigenvalue weighted by Crippen LogP contribution is -2.59. The Kier molecular flexibility index (Phi) is 4.92. The minimum atomic E-state index is 0.440. The van der Waals surface area contributed by atoms with E-state index in [9.17, 15) is 0 Å². The summed E-state index contributed by atoms with van der Waals surface area (Å²) in [6.07, 6.45) is 12.9. The number of rotatable bonds is 2. The van der Waals surface area contributed by atoms with E-state index in [-0.39, 0.29) is 0 Å². The Morgan fingerprint density at radius 3 is 1.86 bits per heavy atom. The molecular formula is C23H32N6. The lowest BCUT2D eigenvalue weighted by molar-refractivity contribution is 0.0307. The zero-order valence-electron chi connectivity index (χ0n) is 17.4. The fraction of sp³-hybridized carbons (Fsp3) is 0.565. The molecule has 2 spiro atoms. The summed E-state index contributed by atoms with van der Waals surface area (Å²) in [6, 6.07) is 8.33. The smallest absolute Gasteiger partial charge is 0.0553 e. The Morgan fingerprint density at radius 1 is 0.828 bits per heavy atom. The van der Waals surface area contributed by atoms with Gasteiger partial charge in [0.15, 0.2) is 0 Å². The predicted octanol–water partition coefficient (Wildman–Crippen LogP) is 2.39. The molecule has 4 saturated heterocycles. The van der Waals surface area contributed by atoms with Crippen molar-refractivity contribution < 1.29 is 0 Å². The van der Waals surface area contributed by atoms with E-state index in [1.54, 1.807) is 0 Å². The number of likely N-dealkylation sites (tertiary alicyclic amines) is 1. The highest BCUT2D eigenvalue weighted by atomic mass is 15.3. The summed E-state index contributed by atoms with van der Waals surface area (Å²) < 4.78 is 0. The van der Waals surface area contributed by atoms with Gasteiger partial charge >= 0.3 is 0 Å². The maximum atomic E-state index is 4.18. The molecule has 0 aromatic carbocycles. The average molecular weight is 393 g/mol. The van der Waals surface area contributed by atoms with Gasteiger partial charge in [-0.1, -0.05) is 0 Å². The number of pyridine rings is 2. The van der Waals surface area contributed by atoms with Gasteiger partial charge in [0.1, 0.15) is 0 Å². The monoisotopic (exact) mass is 392 g/mol. The minimum absolute atomic E-state index is 0.440. The van der Waals surface area contributed by atoms with E-state index in [1.165, 1.54) is 69.8 Å². The highest BCUT2D eigenvalue weighted by Gasteiger charge is 2.47. The van der Waals surface area contributed by atoms with E-state index >= 15 is 0 Å². The Hall–Kier alpha value is -2.18. The molecular weight excluding hydrogens is 360 g/mol. The normalized spacial score (nSPS) is 30.8. The number of likely N-dealkylation sites (N-methyl/N-ethyl adjacent to an activating group) is 1. The topological polar surface area (TPSA) is 47.5 Å². The Balaban J connectivity index is 0.000000125. The van der Waals surface area contributed by atoms with Gasteiger partial charge < -0.3 is 15.1 Å². The molecule has 2 aromatic heterocycles. The van der Waals surface area contributed by atoms with Gasteiger partial charge in [0.2, 0.25) is 0 Å². The molecule has 6 nitrogen and oxygen atoms in total. The lowest BCUT2D eigenvalue weighted by atomic mass is 9.85. The molecule has 4 aliphatic rings. The van der Waals surface area contributed by atoms with Crippen LogP contribution in [0.25, 0.3) is 0 Å². The maximum absolute atomic E-state index is 4.18. The van der Waals surface area contributed by atoms with Crippen LogP contribution in [0.5, 0.6) is 0 Å². The number of anilines is 2. The van der Waals surface area contributed by atoms with Gasteiger partial charge in [-0.2, -0.15) is 0 Å². The third-order valence-electron chi connectivity index (χ3n) is 7.53. The van der Waals surface area contributed by atoms with E-state index in [2.05, 4.69) is 49.2 Å². The van der Waals surface area contributed by atoms with Crippen LogP contribution in [0.15, 0.2) is 49.1 Å².